The van der Waals surface area contributed by atoms with E-state index in [0.29, 0.717) is 18.1 Å². The van der Waals surface area contributed by atoms with E-state index in [1.807, 2.05) is 30.3 Å². The van der Waals surface area contributed by atoms with Gasteiger partial charge in [0.15, 0.2) is 0 Å². The standard InChI is InChI=1S/C31H48O2/c1-3-5-7-9-11-12-14-16-21-27(20-15-13-10-8-6-4-2)26-31(32)33-30-25-19-23-28-22-17-18-24-29(28)30/h17-19,22-25,27H,3-16,20-21,26H2,1-2H3. The first kappa shape index (κ1) is 27.4. The number of rotatable bonds is 19. The summed E-state index contributed by atoms with van der Waals surface area (Å²) < 4.78 is 5.86. The maximum absolute atomic E-state index is 12.9. The van der Waals surface area contributed by atoms with Gasteiger partial charge < -0.3 is 4.74 Å². The van der Waals surface area contributed by atoms with Gasteiger partial charge in [0.25, 0.3) is 0 Å². The molecule has 184 valence electrons. The van der Waals surface area contributed by atoms with Gasteiger partial charge in [0.2, 0.25) is 0 Å². The SMILES string of the molecule is CCCCCCCCCCC(CCCCCCCC)CC(=O)Oc1cccc2ccccc12. The number of fused-ring (bicyclic) bond motifs is 1. The van der Waals surface area contributed by atoms with Crippen molar-refractivity contribution in [1.29, 1.82) is 0 Å². The van der Waals surface area contributed by atoms with E-state index in [9.17, 15) is 4.79 Å². The quantitative estimate of drug-likeness (QED) is 0.120. The molecule has 0 aliphatic carbocycles. The summed E-state index contributed by atoms with van der Waals surface area (Å²) in [4.78, 5) is 12.9. The highest BCUT2D eigenvalue weighted by molar-refractivity contribution is 5.90. The maximum atomic E-state index is 12.9. The Morgan fingerprint density at radius 2 is 1.18 bits per heavy atom. The number of carbonyl (C=O) groups is 1. The van der Waals surface area contributed by atoms with Crippen molar-refractivity contribution in [3.8, 4) is 5.75 Å². The lowest BCUT2D eigenvalue weighted by atomic mass is 9.91. The average Bonchev–Trinajstić information content (AvgIpc) is 2.83. The van der Waals surface area contributed by atoms with Crippen molar-refractivity contribution < 1.29 is 9.53 Å². The average molecular weight is 453 g/mol. The van der Waals surface area contributed by atoms with Crippen LogP contribution in [0.4, 0.5) is 0 Å². The van der Waals surface area contributed by atoms with Crippen LogP contribution >= 0.6 is 0 Å². The van der Waals surface area contributed by atoms with Gasteiger partial charge >= 0.3 is 5.97 Å². The number of carbonyl (C=O) groups excluding carboxylic acids is 1. The van der Waals surface area contributed by atoms with Crippen LogP contribution in [0.3, 0.4) is 0 Å². The van der Waals surface area contributed by atoms with Crippen LogP contribution in [0.2, 0.25) is 0 Å². The van der Waals surface area contributed by atoms with Gasteiger partial charge in [-0.25, -0.2) is 0 Å². The molecule has 0 spiro atoms. The highest BCUT2D eigenvalue weighted by Crippen LogP contribution is 2.27. The minimum atomic E-state index is -0.0677. The smallest absolute Gasteiger partial charge is 0.311 e. The highest BCUT2D eigenvalue weighted by atomic mass is 16.5. The Labute approximate surface area is 203 Å². The van der Waals surface area contributed by atoms with Crippen molar-refractivity contribution in [3.05, 3.63) is 42.5 Å². The molecule has 2 aromatic rings. The Bertz CT molecular complexity index is 761. The van der Waals surface area contributed by atoms with Gasteiger partial charge in [-0.3, -0.25) is 4.79 Å². The van der Waals surface area contributed by atoms with Crippen LogP contribution in [-0.4, -0.2) is 5.97 Å². The summed E-state index contributed by atoms with van der Waals surface area (Å²) in [6.07, 6.45) is 21.4. The van der Waals surface area contributed by atoms with E-state index in [2.05, 4.69) is 26.0 Å². The van der Waals surface area contributed by atoms with Crippen LogP contribution in [0.25, 0.3) is 10.8 Å². The lowest BCUT2D eigenvalue weighted by Crippen LogP contribution is -2.15. The molecule has 0 aromatic heterocycles. The van der Waals surface area contributed by atoms with Gasteiger partial charge in [-0.05, 0) is 30.2 Å². The normalized spacial score (nSPS) is 12.2. The Balaban J connectivity index is 1.80. The molecule has 1 atom stereocenters. The van der Waals surface area contributed by atoms with Crippen molar-refractivity contribution in [1.82, 2.24) is 0 Å². The number of esters is 1. The van der Waals surface area contributed by atoms with Gasteiger partial charge in [0.05, 0.1) is 0 Å². The monoisotopic (exact) mass is 452 g/mol. The molecule has 0 saturated carbocycles. The minimum Gasteiger partial charge on any atom is -0.426 e. The molecule has 33 heavy (non-hydrogen) atoms. The zero-order valence-corrected chi connectivity index (χ0v) is 21.5. The molecule has 0 amide bonds. The molecular formula is C31H48O2. The molecule has 2 nitrogen and oxygen atoms in total. The summed E-state index contributed by atoms with van der Waals surface area (Å²) in [5.41, 5.74) is 0. The van der Waals surface area contributed by atoms with Crippen LogP contribution in [0, 0.1) is 5.92 Å². The first-order chi connectivity index (χ1) is 16.2. The van der Waals surface area contributed by atoms with E-state index >= 15 is 0 Å². The van der Waals surface area contributed by atoms with E-state index in [4.69, 9.17) is 4.74 Å². The highest BCUT2D eigenvalue weighted by Gasteiger charge is 2.16. The minimum absolute atomic E-state index is 0.0677. The van der Waals surface area contributed by atoms with E-state index < -0.39 is 0 Å². The number of ether oxygens (including phenoxy) is 1. The zero-order valence-electron chi connectivity index (χ0n) is 21.5. The van der Waals surface area contributed by atoms with Gasteiger partial charge in [0, 0.05) is 11.8 Å². The van der Waals surface area contributed by atoms with Gasteiger partial charge in [0.1, 0.15) is 5.75 Å². The van der Waals surface area contributed by atoms with Gasteiger partial charge in [-0.1, -0.05) is 140 Å². The third-order valence-corrected chi connectivity index (χ3v) is 6.86. The summed E-state index contributed by atoms with van der Waals surface area (Å²) in [7, 11) is 0. The van der Waals surface area contributed by atoms with Crippen molar-refractivity contribution in [2.24, 2.45) is 5.92 Å². The van der Waals surface area contributed by atoms with Crippen LogP contribution in [-0.2, 0) is 4.79 Å². The molecule has 1 unspecified atom stereocenters. The summed E-state index contributed by atoms with van der Waals surface area (Å²) in [5, 5.41) is 2.13. The zero-order chi connectivity index (χ0) is 23.6. The second-order valence-corrected chi connectivity index (χ2v) is 9.84. The first-order valence-electron chi connectivity index (χ1n) is 13.9. The van der Waals surface area contributed by atoms with E-state index in [1.165, 1.54) is 89.9 Å². The summed E-state index contributed by atoms with van der Waals surface area (Å²) in [6, 6.07) is 14.1. The third-order valence-electron chi connectivity index (χ3n) is 6.86. The number of benzene rings is 2. The molecule has 0 bridgehead atoms. The largest absolute Gasteiger partial charge is 0.426 e. The van der Waals surface area contributed by atoms with E-state index in [1.54, 1.807) is 0 Å². The summed E-state index contributed by atoms with van der Waals surface area (Å²) in [5.74, 6) is 1.09. The fraction of sp³-hybridized carbons (Fsp3) is 0.645. The molecule has 0 fully saturated rings. The molecule has 2 heteroatoms. The summed E-state index contributed by atoms with van der Waals surface area (Å²) in [6.45, 7) is 4.54. The first-order valence-corrected chi connectivity index (χ1v) is 13.9. The molecule has 0 heterocycles. The molecule has 0 N–H and O–H groups in total. The molecule has 0 saturated heterocycles. The molecule has 2 aromatic carbocycles. The predicted molar refractivity (Wildman–Crippen MR) is 143 cm³/mol. The van der Waals surface area contributed by atoms with Crippen LogP contribution < -0.4 is 4.74 Å². The molecule has 0 radical (unpaired) electrons. The molecule has 0 aliphatic rings. The van der Waals surface area contributed by atoms with Crippen LogP contribution in [0.15, 0.2) is 42.5 Å². The van der Waals surface area contributed by atoms with E-state index in [-0.39, 0.29) is 5.97 Å². The maximum Gasteiger partial charge on any atom is 0.311 e. The lowest BCUT2D eigenvalue weighted by Gasteiger charge is -2.17. The number of hydrogen-bond acceptors (Lipinski definition) is 2. The Kier molecular flexibility index (Phi) is 14.6. The van der Waals surface area contributed by atoms with Gasteiger partial charge in [-0.15, -0.1) is 0 Å². The molecule has 0 aliphatic heterocycles. The fourth-order valence-electron chi connectivity index (χ4n) is 4.81. The number of unbranched alkanes of at least 4 members (excludes halogenated alkanes) is 12. The Morgan fingerprint density at radius 1 is 0.667 bits per heavy atom. The van der Waals surface area contributed by atoms with Gasteiger partial charge in [-0.2, -0.15) is 0 Å². The summed E-state index contributed by atoms with van der Waals surface area (Å²) >= 11 is 0. The predicted octanol–water partition coefficient (Wildman–Crippen LogP) is 10.0. The van der Waals surface area contributed by atoms with Crippen molar-refractivity contribution in [3.63, 3.8) is 0 Å². The Hall–Kier alpha value is -1.83. The van der Waals surface area contributed by atoms with Crippen LogP contribution in [0.1, 0.15) is 123 Å². The molecular weight excluding hydrogens is 404 g/mol. The third kappa shape index (κ3) is 11.7. The van der Waals surface area contributed by atoms with Crippen LogP contribution in [0.5, 0.6) is 5.75 Å². The topological polar surface area (TPSA) is 26.3 Å². The Morgan fingerprint density at radius 3 is 1.79 bits per heavy atom. The lowest BCUT2D eigenvalue weighted by molar-refractivity contribution is -0.135. The van der Waals surface area contributed by atoms with Crippen molar-refractivity contribution in [2.75, 3.05) is 0 Å². The number of hydrogen-bond donors (Lipinski definition) is 0. The molecule has 2 rings (SSSR count). The fourth-order valence-corrected chi connectivity index (χ4v) is 4.81. The van der Waals surface area contributed by atoms with E-state index in [0.717, 1.165) is 23.6 Å². The second kappa shape index (κ2) is 17.6. The van der Waals surface area contributed by atoms with Crippen molar-refractivity contribution >= 4 is 16.7 Å². The van der Waals surface area contributed by atoms with Crippen molar-refractivity contribution in [2.45, 2.75) is 123 Å². The second-order valence-electron chi connectivity index (χ2n) is 9.84.